The van der Waals surface area contributed by atoms with Crippen LogP contribution in [0.5, 0.6) is 0 Å². The number of nitrogens with one attached hydrogen (secondary N) is 2. The van der Waals surface area contributed by atoms with Crippen molar-refractivity contribution in [2.24, 2.45) is 11.8 Å². The number of carbonyl (C=O) groups excluding carboxylic acids is 1. The van der Waals surface area contributed by atoms with Crippen molar-refractivity contribution in [2.45, 2.75) is 39.2 Å². The van der Waals surface area contributed by atoms with Crippen LogP contribution < -0.4 is 10.6 Å². The van der Waals surface area contributed by atoms with Crippen LogP contribution >= 0.6 is 0 Å². The van der Waals surface area contributed by atoms with E-state index in [0.717, 1.165) is 25.9 Å². The molecule has 1 rings (SSSR count). The van der Waals surface area contributed by atoms with Crippen molar-refractivity contribution in [3.05, 3.63) is 0 Å². The molecule has 17 heavy (non-hydrogen) atoms. The first-order chi connectivity index (χ1) is 8.06. The smallest absolute Gasteiger partial charge is 0.326 e. The topological polar surface area (TPSA) is 78.4 Å². The molecule has 3 N–H and O–H groups in total. The van der Waals surface area contributed by atoms with Crippen LogP contribution in [0, 0.1) is 11.8 Å². The van der Waals surface area contributed by atoms with Gasteiger partial charge in [-0.1, -0.05) is 26.7 Å². The first kappa shape index (κ1) is 14.0. The van der Waals surface area contributed by atoms with Crippen LogP contribution in [-0.2, 0) is 9.59 Å². The molecule has 1 fully saturated rings. The van der Waals surface area contributed by atoms with Gasteiger partial charge in [0.1, 0.15) is 6.04 Å². The van der Waals surface area contributed by atoms with Crippen LogP contribution in [0.3, 0.4) is 0 Å². The highest BCUT2D eigenvalue weighted by Gasteiger charge is 2.30. The lowest BCUT2D eigenvalue weighted by atomic mass is 9.88. The van der Waals surface area contributed by atoms with E-state index in [2.05, 4.69) is 10.6 Å². The van der Waals surface area contributed by atoms with Crippen molar-refractivity contribution in [1.29, 1.82) is 0 Å². The standard InChI is InChI=1S/C12H22N2O3/c1-3-4-5-10(12(16)17)14-11(15)8(2)9-6-13-7-9/h8-10,13H,3-7H2,1-2H3,(H,14,15)(H,16,17). The average Bonchev–Trinajstić information content (AvgIpc) is 2.20. The third-order valence-corrected chi connectivity index (χ3v) is 3.39. The predicted octanol–water partition coefficient (Wildman–Crippen LogP) is 0.601. The Morgan fingerprint density at radius 1 is 1.47 bits per heavy atom. The monoisotopic (exact) mass is 242 g/mol. The lowest BCUT2D eigenvalue weighted by Crippen LogP contribution is -2.52. The fraction of sp³-hybridized carbons (Fsp3) is 0.833. The fourth-order valence-electron chi connectivity index (χ4n) is 1.85. The maximum atomic E-state index is 11.9. The Balaban J connectivity index is 2.41. The molecule has 2 atom stereocenters. The molecule has 1 amide bonds. The summed E-state index contributed by atoms with van der Waals surface area (Å²) in [6.45, 7) is 5.56. The molecule has 98 valence electrons. The number of unbranched alkanes of at least 4 members (excludes halogenated alkanes) is 1. The number of amides is 1. The number of rotatable bonds is 7. The maximum absolute atomic E-state index is 11.9. The highest BCUT2D eigenvalue weighted by molar-refractivity contribution is 5.85. The molecule has 1 aliphatic heterocycles. The van der Waals surface area contributed by atoms with Gasteiger partial charge in [0, 0.05) is 5.92 Å². The zero-order chi connectivity index (χ0) is 12.8. The van der Waals surface area contributed by atoms with Crippen LogP contribution in [0.25, 0.3) is 0 Å². The van der Waals surface area contributed by atoms with E-state index in [-0.39, 0.29) is 11.8 Å². The van der Waals surface area contributed by atoms with Gasteiger partial charge in [0.25, 0.3) is 0 Å². The Morgan fingerprint density at radius 3 is 2.53 bits per heavy atom. The van der Waals surface area contributed by atoms with E-state index >= 15 is 0 Å². The van der Waals surface area contributed by atoms with Crippen molar-refractivity contribution < 1.29 is 14.7 Å². The molecule has 0 bridgehead atoms. The van der Waals surface area contributed by atoms with Crippen molar-refractivity contribution in [1.82, 2.24) is 10.6 Å². The van der Waals surface area contributed by atoms with Gasteiger partial charge in [-0.05, 0) is 25.4 Å². The predicted molar refractivity (Wildman–Crippen MR) is 64.6 cm³/mol. The largest absolute Gasteiger partial charge is 0.480 e. The second-order valence-corrected chi connectivity index (χ2v) is 4.75. The van der Waals surface area contributed by atoms with Gasteiger partial charge in [-0.25, -0.2) is 4.79 Å². The minimum atomic E-state index is -0.939. The third kappa shape index (κ3) is 4.00. The number of aliphatic carboxylic acids is 1. The van der Waals surface area contributed by atoms with E-state index in [9.17, 15) is 9.59 Å². The Labute approximate surface area is 102 Å². The molecule has 5 nitrogen and oxygen atoms in total. The van der Waals surface area contributed by atoms with Gasteiger partial charge in [-0.2, -0.15) is 0 Å². The van der Waals surface area contributed by atoms with E-state index < -0.39 is 12.0 Å². The zero-order valence-electron chi connectivity index (χ0n) is 10.5. The summed E-state index contributed by atoms with van der Waals surface area (Å²) < 4.78 is 0. The van der Waals surface area contributed by atoms with Gasteiger partial charge < -0.3 is 15.7 Å². The summed E-state index contributed by atoms with van der Waals surface area (Å²) in [5, 5.41) is 14.8. The van der Waals surface area contributed by atoms with Crippen LogP contribution in [-0.4, -0.2) is 36.1 Å². The minimum absolute atomic E-state index is 0.111. The Hall–Kier alpha value is -1.10. The average molecular weight is 242 g/mol. The number of carbonyl (C=O) groups is 2. The summed E-state index contributed by atoms with van der Waals surface area (Å²) in [5.74, 6) is -0.846. The number of hydrogen-bond donors (Lipinski definition) is 3. The highest BCUT2D eigenvalue weighted by Crippen LogP contribution is 2.16. The van der Waals surface area contributed by atoms with Crippen LogP contribution in [0.4, 0.5) is 0 Å². The van der Waals surface area contributed by atoms with Crippen molar-refractivity contribution in [2.75, 3.05) is 13.1 Å². The molecule has 0 saturated carbocycles. The lowest BCUT2D eigenvalue weighted by molar-refractivity contribution is -0.143. The minimum Gasteiger partial charge on any atom is -0.480 e. The second kappa shape index (κ2) is 6.59. The first-order valence-electron chi connectivity index (χ1n) is 6.30. The van der Waals surface area contributed by atoms with E-state index in [1.54, 1.807) is 0 Å². The highest BCUT2D eigenvalue weighted by atomic mass is 16.4. The van der Waals surface area contributed by atoms with Crippen molar-refractivity contribution in [3.63, 3.8) is 0 Å². The SMILES string of the molecule is CCCCC(NC(=O)C(C)C1CNC1)C(=O)O. The number of carboxylic acids is 1. The van der Waals surface area contributed by atoms with E-state index in [1.807, 2.05) is 13.8 Å². The summed E-state index contributed by atoms with van der Waals surface area (Å²) in [7, 11) is 0. The molecule has 0 aromatic rings. The summed E-state index contributed by atoms with van der Waals surface area (Å²) in [5.41, 5.74) is 0. The van der Waals surface area contributed by atoms with Crippen LogP contribution in [0.15, 0.2) is 0 Å². The summed E-state index contributed by atoms with van der Waals surface area (Å²) in [4.78, 5) is 22.8. The van der Waals surface area contributed by atoms with E-state index in [4.69, 9.17) is 5.11 Å². The number of hydrogen-bond acceptors (Lipinski definition) is 3. The Bertz CT molecular complexity index is 277. The molecular weight excluding hydrogens is 220 g/mol. The van der Waals surface area contributed by atoms with Gasteiger partial charge in [-0.3, -0.25) is 4.79 Å². The summed E-state index contributed by atoms with van der Waals surface area (Å²) in [6, 6.07) is -0.738. The van der Waals surface area contributed by atoms with Gasteiger partial charge in [-0.15, -0.1) is 0 Å². The lowest BCUT2D eigenvalue weighted by Gasteiger charge is -2.32. The summed E-state index contributed by atoms with van der Waals surface area (Å²) >= 11 is 0. The normalized spacial score (nSPS) is 19.2. The molecular formula is C12H22N2O3. The van der Waals surface area contributed by atoms with Crippen LogP contribution in [0.1, 0.15) is 33.1 Å². The molecule has 1 heterocycles. The van der Waals surface area contributed by atoms with E-state index in [1.165, 1.54) is 0 Å². The first-order valence-corrected chi connectivity index (χ1v) is 6.30. The van der Waals surface area contributed by atoms with Crippen molar-refractivity contribution in [3.8, 4) is 0 Å². The molecule has 0 aromatic carbocycles. The van der Waals surface area contributed by atoms with E-state index in [0.29, 0.717) is 12.3 Å². The maximum Gasteiger partial charge on any atom is 0.326 e. The molecule has 0 radical (unpaired) electrons. The quantitative estimate of drug-likeness (QED) is 0.611. The van der Waals surface area contributed by atoms with Gasteiger partial charge in [0.2, 0.25) is 5.91 Å². The molecule has 2 unspecified atom stereocenters. The molecule has 0 spiro atoms. The van der Waals surface area contributed by atoms with Gasteiger partial charge >= 0.3 is 5.97 Å². The molecule has 1 saturated heterocycles. The molecule has 0 aliphatic carbocycles. The zero-order valence-corrected chi connectivity index (χ0v) is 10.5. The molecule has 0 aromatic heterocycles. The fourth-order valence-corrected chi connectivity index (χ4v) is 1.85. The van der Waals surface area contributed by atoms with Crippen LogP contribution in [0.2, 0.25) is 0 Å². The Morgan fingerprint density at radius 2 is 2.12 bits per heavy atom. The third-order valence-electron chi connectivity index (χ3n) is 3.39. The molecule has 5 heteroatoms. The molecule has 1 aliphatic rings. The van der Waals surface area contributed by atoms with Crippen molar-refractivity contribution >= 4 is 11.9 Å². The second-order valence-electron chi connectivity index (χ2n) is 4.75. The van der Waals surface area contributed by atoms with Gasteiger partial charge in [0.15, 0.2) is 0 Å². The van der Waals surface area contributed by atoms with Gasteiger partial charge in [0.05, 0.1) is 0 Å². The number of carboxylic acid groups (broad SMARTS) is 1. The summed E-state index contributed by atoms with van der Waals surface area (Å²) in [6.07, 6.45) is 2.26. The Kier molecular flexibility index (Phi) is 5.41.